The van der Waals surface area contributed by atoms with Gasteiger partial charge in [0.15, 0.2) is 0 Å². The van der Waals surface area contributed by atoms with Gasteiger partial charge >= 0.3 is 224 Å². The van der Waals surface area contributed by atoms with Gasteiger partial charge in [0.05, 0.1) is 0 Å². The van der Waals surface area contributed by atoms with Crippen molar-refractivity contribution in [3.05, 3.63) is 99.5 Å². The fourth-order valence-electron chi connectivity index (χ4n) is 5.99. The minimum absolute atomic E-state index is 0.0449. The van der Waals surface area contributed by atoms with Crippen molar-refractivity contribution in [2.24, 2.45) is 7.05 Å². The summed E-state index contributed by atoms with van der Waals surface area (Å²) in [5.74, 6) is 2.67. The predicted molar refractivity (Wildman–Crippen MR) is 174 cm³/mol. The average molecular weight is 754 g/mol. The molecule has 3 aromatic carbocycles. The van der Waals surface area contributed by atoms with E-state index in [0.717, 1.165) is 39.7 Å². The van der Waals surface area contributed by atoms with Crippen LogP contribution >= 0.6 is 0 Å². The van der Waals surface area contributed by atoms with Crippen molar-refractivity contribution in [2.75, 3.05) is 4.90 Å². The summed E-state index contributed by atoms with van der Waals surface area (Å²) >= 11 is 2.42. The molecule has 0 spiro atoms. The second kappa shape index (κ2) is 10.9. The third kappa shape index (κ3) is 5.65. The number of aromatic nitrogens is 3. The molecule has 5 aromatic rings. The van der Waals surface area contributed by atoms with E-state index in [2.05, 4.69) is 162 Å². The first kappa shape index (κ1) is 29.6. The molecule has 226 valence electrons. The Bertz CT molecular complexity index is 1890. The fourth-order valence-corrected chi connectivity index (χ4v) is 6.83. The number of ether oxygens (including phenoxy) is 1. The molecule has 6 rings (SSSR count). The Morgan fingerprint density at radius 1 is 0.814 bits per heavy atom. The SMILES string of the molecule is CC1CCc2ccc(Oc3cc(-n4[c](=[Pt])n(C)c5ccccc54)cc(C(C)(C)C)c3)cc2N1c1cc(C(C)(C)C)ccn1. The molecule has 1 aliphatic rings. The summed E-state index contributed by atoms with van der Waals surface area (Å²) in [5, 5.41) is 0. The van der Waals surface area contributed by atoms with Crippen LogP contribution in [0.25, 0.3) is 16.7 Å². The van der Waals surface area contributed by atoms with E-state index in [0.29, 0.717) is 6.04 Å². The second-order valence-electron chi connectivity index (χ2n) is 13.9. The molecule has 43 heavy (non-hydrogen) atoms. The molecule has 0 amide bonds. The number of aryl methyl sites for hydroxylation is 2. The van der Waals surface area contributed by atoms with Gasteiger partial charge in [0.2, 0.25) is 0 Å². The summed E-state index contributed by atoms with van der Waals surface area (Å²) in [5.41, 5.74) is 8.51. The molecule has 0 fully saturated rings. The van der Waals surface area contributed by atoms with Gasteiger partial charge in [-0.05, 0) is 17.0 Å². The van der Waals surface area contributed by atoms with Crippen LogP contribution in [0.3, 0.4) is 0 Å². The van der Waals surface area contributed by atoms with Crippen LogP contribution in [-0.2, 0) is 43.7 Å². The zero-order valence-corrected chi connectivity index (χ0v) is 28.8. The van der Waals surface area contributed by atoms with Gasteiger partial charge in [0.1, 0.15) is 0 Å². The zero-order chi connectivity index (χ0) is 30.7. The topological polar surface area (TPSA) is 35.2 Å². The number of fused-ring (bicyclic) bond motifs is 2. The molecule has 6 heteroatoms. The normalized spacial score (nSPS) is 15.6. The number of para-hydroxylation sites is 2. The van der Waals surface area contributed by atoms with Gasteiger partial charge in [-0.15, -0.1) is 0 Å². The Morgan fingerprint density at radius 2 is 1.53 bits per heavy atom. The van der Waals surface area contributed by atoms with E-state index in [1.54, 1.807) is 0 Å². The number of benzene rings is 3. The van der Waals surface area contributed by atoms with Crippen LogP contribution in [0.4, 0.5) is 11.5 Å². The first-order valence-corrected chi connectivity index (χ1v) is 16.3. The van der Waals surface area contributed by atoms with Gasteiger partial charge in [-0.25, -0.2) is 0 Å². The van der Waals surface area contributed by atoms with Gasteiger partial charge in [-0.1, -0.05) is 20.8 Å². The quantitative estimate of drug-likeness (QED) is 0.184. The number of anilines is 2. The molecule has 0 radical (unpaired) electrons. The maximum atomic E-state index is 6.73. The van der Waals surface area contributed by atoms with Crippen molar-refractivity contribution in [3.8, 4) is 17.2 Å². The molecule has 1 atom stereocenters. The first-order chi connectivity index (χ1) is 20.3. The number of hydrogen-bond donors (Lipinski definition) is 0. The van der Waals surface area contributed by atoms with E-state index in [-0.39, 0.29) is 10.8 Å². The molecular formula is C37H42N4OPt. The molecule has 0 saturated carbocycles. The molecule has 0 N–H and O–H groups in total. The molecule has 0 aliphatic carbocycles. The third-order valence-electron chi connectivity index (χ3n) is 8.61. The number of nitrogens with zero attached hydrogens (tertiary/aromatic N) is 4. The Morgan fingerprint density at radius 3 is 2.26 bits per heavy atom. The van der Waals surface area contributed by atoms with Crippen LogP contribution in [0.1, 0.15) is 71.6 Å². The average Bonchev–Trinajstić information content (AvgIpc) is 3.21. The summed E-state index contributed by atoms with van der Waals surface area (Å²) in [7, 11) is 2.12. The number of hydrogen-bond acceptors (Lipinski definition) is 3. The van der Waals surface area contributed by atoms with Gasteiger partial charge in [0.25, 0.3) is 0 Å². The minimum Gasteiger partial charge on any atom is -0.0561 e. The molecule has 1 unspecified atom stereocenters. The van der Waals surface area contributed by atoms with Crippen LogP contribution in [0.5, 0.6) is 11.5 Å². The van der Waals surface area contributed by atoms with Gasteiger partial charge in [-0.2, -0.15) is 0 Å². The van der Waals surface area contributed by atoms with E-state index in [4.69, 9.17) is 9.72 Å². The van der Waals surface area contributed by atoms with Crippen molar-refractivity contribution in [2.45, 2.75) is 78.2 Å². The second-order valence-corrected chi connectivity index (χ2v) is 14.9. The standard InChI is InChI=1S/C37H42N4O.Pt/c1-25-13-14-26-15-16-30(23-34(26)41(25)35-21-27(17-18-38-35)36(2,3)4)42-31-20-28(37(5,6)7)19-29(22-31)40-24-39(8)32-11-9-10-12-33(32)40;/h9-12,15-23,25H,13-14H2,1-8H3;. The summed E-state index contributed by atoms with van der Waals surface area (Å²) < 4.78 is 12.4. The van der Waals surface area contributed by atoms with E-state index in [1.807, 2.05) is 6.20 Å². The van der Waals surface area contributed by atoms with E-state index >= 15 is 0 Å². The molecule has 5 nitrogen and oxygen atoms in total. The first-order valence-electron chi connectivity index (χ1n) is 15.2. The molecule has 2 aromatic heterocycles. The van der Waals surface area contributed by atoms with Crippen LogP contribution in [0, 0.1) is 3.80 Å². The maximum absolute atomic E-state index is 6.73. The molecule has 0 bridgehead atoms. The van der Waals surface area contributed by atoms with E-state index in [9.17, 15) is 0 Å². The smallest absolute Gasteiger partial charge is 0.0561 e. The van der Waals surface area contributed by atoms with Crippen LogP contribution < -0.4 is 9.64 Å². The van der Waals surface area contributed by atoms with Crippen molar-refractivity contribution < 1.29 is 24.1 Å². The molecular weight excluding hydrogens is 712 g/mol. The van der Waals surface area contributed by atoms with Crippen molar-refractivity contribution in [1.82, 2.24) is 14.1 Å². The van der Waals surface area contributed by atoms with Crippen molar-refractivity contribution in [3.63, 3.8) is 0 Å². The summed E-state index contributed by atoms with van der Waals surface area (Å²) in [6.07, 6.45) is 4.09. The van der Waals surface area contributed by atoms with Crippen molar-refractivity contribution in [1.29, 1.82) is 0 Å². The van der Waals surface area contributed by atoms with E-state index < -0.39 is 0 Å². The molecule has 3 heterocycles. The van der Waals surface area contributed by atoms with Crippen LogP contribution in [0.15, 0.2) is 79.0 Å². The van der Waals surface area contributed by atoms with Crippen LogP contribution in [-0.4, -0.2) is 20.2 Å². The van der Waals surface area contributed by atoms with Gasteiger partial charge in [0, 0.05) is 6.20 Å². The zero-order valence-electron chi connectivity index (χ0n) is 26.5. The molecule has 1 aliphatic heterocycles. The molecule has 0 saturated heterocycles. The Kier molecular flexibility index (Phi) is 7.53. The fraction of sp³-hybridized carbons (Fsp3) is 0.351. The Labute approximate surface area is 266 Å². The summed E-state index contributed by atoms with van der Waals surface area (Å²) in [6.45, 7) is 15.8. The Hall–Kier alpha value is -3.43. The monoisotopic (exact) mass is 753 g/mol. The van der Waals surface area contributed by atoms with Crippen LogP contribution in [0.2, 0.25) is 0 Å². The number of rotatable bonds is 4. The third-order valence-corrected chi connectivity index (χ3v) is 9.88. The number of pyridine rings is 1. The number of imidazole rings is 1. The summed E-state index contributed by atoms with van der Waals surface area (Å²) in [6, 6.07) is 26.5. The van der Waals surface area contributed by atoms with Gasteiger partial charge in [-0.3, -0.25) is 0 Å². The van der Waals surface area contributed by atoms with Gasteiger partial charge < -0.3 is 0 Å². The van der Waals surface area contributed by atoms with Crippen molar-refractivity contribution >= 4 is 22.5 Å². The summed E-state index contributed by atoms with van der Waals surface area (Å²) in [4.78, 5) is 7.23. The Balaban J connectivity index is 1.44. The van der Waals surface area contributed by atoms with E-state index in [1.165, 1.54) is 33.4 Å². The minimum atomic E-state index is -0.0449. The predicted octanol–water partition coefficient (Wildman–Crippen LogP) is 9.30.